The number of carboxylic acid groups (broad SMARTS) is 1. The van der Waals surface area contributed by atoms with Crippen LogP contribution in [-0.4, -0.2) is 48.9 Å². The molecule has 0 aliphatic heterocycles. The topological polar surface area (TPSA) is 162 Å². The zero-order valence-corrected chi connectivity index (χ0v) is 13.3. The summed E-state index contributed by atoms with van der Waals surface area (Å²) in [5.41, 5.74) is 6.03. The molecule has 11 heteroatoms. The summed E-state index contributed by atoms with van der Waals surface area (Å²) in [6, 6.07) is 6.14. The molecule has 2 aromatic heterocycles. The first-order valence-corrected chi connectivity index (χ1v) is 7.08. The van der Waals surface area contributed by atoms with Crippen molar-refractivity contribution in [3.63, 3.8) is 0 Å². The number of carboxylic acids is 1. The molecular formula is C15H11N7O4. The number of esters is 1. The Bertz CT molecular complexity index is 1050. The lowest BCUT2D eigenvalue weighted by atomic mass is 10.1. The van der Waals surface area contributed by atoms with Gasteiger partial charge in [-0.1, -0.05) is 0 Å². The lowest BCUT2D eigenvalue weighted by Crippen LogP contribution is -2.14. The van der Waals surface area contributed by atoms with Gasteiger partial charge >= 0.3 is 11.9 Å². The van der Waals surface area contributed by atoms with E-state index in [1.807, 2.05) is 6.07 Å². The molecule has 1 aromatic carbocycles. The SMILES string of the molecule is COC(=O)c1c(N)c(C#N)cn1-c1cc(-n2cnnn2)ccc1C(=O)O. The summed E-state index contributed by atoms with van der Waals surface area (Å²) >= 11 is 0. The number of aromatic carboxylic acids is 1. The molecule has 0 saturated heterocycles. The maximum absolute atomic E-state index is 12.1. The Balaban J connectivity index is 2.32. The van der Waals surface area contributed by atoms with Crippen molar-refractivity contribution in [1.82, 2.24) is 24.8 Å². The second kappa shape index (κ2) is 6.36. The largest absolute Gasteiger partial charge is 0.478 e. The molecule has 0 fully saturated rings. The van der Waals surface area contributed by atoms with Crippen molar-refractivity contribution in [3.05, 3.63) is 47.5 Å². The highest BCUT2D eigenvalue weighted by Gasteiger charge is 2.24. The monoisotopic (exact) mass is 353 g/mol. The zero-order chi connectivity index (χ0) is 18.8. The number of nitrogens with two attached hydrogens (primary N) is 1. The molecule has 0 aliphatic rings. The Hall–Kier alpha value is -4.20. The van der Waals surface area contributed by atoms with Crippen LogP contribution in [0.5, 0.6) is 0 Å². The molecule has 3 N–H and O–H groups in total. The number of anilines is 1. The minimum atomic E-state index is -1.23. The second-order valence-electron chi connectivity index (χ2n) is 5.04. The predicted octanol–water partition coefficient (Wildman–Crippen LogP) is 0.392. The van der Waals surface area contributed by atoms with Crippen LogP contribution in [0.2, 0.25) is 0 Å². The fraction of sp³-hybridized carbons (Fsp3) is 0.0667. The molecule has 3 rings (SSSR count). The molecule has 130 valence electrons. The summed E-state index contributed by atoms with van der Waals surface area (Å²) in [6.07, 6.45) is 2.60. The van der Waals surface area contributed by atoms with Crippen LogP contribution in [0.4, 0.5) is 5.69 Å². The van der Waals surface area contributed by atoms with E-state index in [2.05, 4.69) is 15.5 Å². The molecule has 11 nitrogen and oxygen atoms in total. The normalized spacial score (nSPS) is 10.3. The highest BCUT2D eigenvalue weighted by Crippen LogP contribution is 2.28. The molecule has 3 aromatic rings. The fourth-order valence-electron chi connectivity index (χ4n) is 2.43. The summed E-state index contributed by atoms with van der Waals surface area (Å²) in [5.74, 6) is -2.04. The van der Waals surface area contributed by atoms with E-state index in [9.17, 15) is 20.0 Å². The molecule has 0 radical (unpaired) electrons. The Kier molecular flexibility index (Phi) is 4.07. The predicted molar refractivity (Wildman–Crippen MR) is 85.9 cm³/mol. The van der Waals surface area contributed by atoms with Gasteiger partial charge in [-0.3, -0.25) is 0 Å². The Labute approximate surface area is 145 Å². The third-order valence-electron chi connectivity index (χ3n) is 3.63. The number of ether oxygens (including phenoxy) is 1. The van der Waals surface area contributed by atoms with E-state index >= 15 is 0 Å². The number of nitriles is 1. The number of rotatable bonds is 4. The van der Waals surface area contributed by atoms with Crippen molar-refractivity contribution in [3.8, 4) is 17.4 Å². The van der Waals surface area contributed by atoms with Crippen LogP contribution in [0.1, 0.15) is 26.4 Å². The molecule has 0 spiro atoms. The van der Waals surface area contributed by atoms with E-state index < -0.39 is 11.9 Å². The number of benzene rings is 1. The van der Waals surface area contributed by atoms with Crippen LogP contribution >= 0.6 is 0 Å². The third kappa shape index (κ3) is 2.61. The number of hydrogen-bond acceptors (Lipinski definition) is 8. The summed E-state index contributed by atoms with van der Waals surface area (Å²) in [6.45, 7) is 0. The van der Waals surface area contributed by atoms with E-state index in [-0.39, 0.29) is 28.2 Å². The first-order valence-electron chi connectivity index (χ1n) is 7.08. The molecule has 0 aliphatic carbocycles. The van der Waals surface area contributed by atoms with Gasteiger partial charge in [0, 0.05) is 6.20 Å². The average Bonchev–Trinajstić information content (AvgIpc) is 3.28. The highest BCUT2D eigenvalue weighted by atomic mass is 16.5. The third-order valence-corrected chi connectivity index (χ3v) is 3.63. The van der Waals surface area contributed by atoms with Crippen molar-refractivity contribution in [2.24, 2.45) is 0 Å². The van der Waals surface area contributed by atoms with E-state index in [0.29, 0.717) is 5.69 Å². The molecular weight excluding hydrogens is 342 g/mol. The second-order valence-corrected chi connectivity index (χ2v) is 5.04. The first-order chi connectivity index (χ1) is 12.5. The van der Waals surface area contributed by atoms with Crippen molar-refractivity contribution >= 4 is 17.6 Å². The Morgan fingerprint density at radius 3 is 2.73 bits per heavy atom. The Morgan fingerprint density at radius 2 is 2.15 bits per heavy atom. The van der Waals surface area contributed by atoms with E-state index in [1.54, 1.807) is 0 Å². The molecule has 0 bridgehead atoms. The summed E-state index contributed by atoms with van der Waals surface area (Å²) < 4.78 is 7.22. The number of carbonyl (C=O) groups is 2. The van der Waals surface area contributed by atoms with E-state index in [1.165, 1.54) is 40.0 Å². The van der Waals surface area contributed by atoms with Crippen LogP contribution in [0, 0.1) is 11.3 Å². The molecule has 2 heterocycles. The number of nitrogens with zero attached hydrogens (tertiary/aromatic N) is 6. The standard InChI is InChI=1S/C15H11N7O4/c1-26-15(25)13-12(17)8(5-16)6-21(13)11-4-9(22-7-18-19-20-22)2-3-10(11)14(23)24/h2-4,6-7H,17H2,1H3,(H,23,24). The minimum absolute atomic E-state index is 0.00886. The first kappa shape index (κ1) is 16.7. The minimum Gasteiger partial charge on any atom is -0.478 e. The zero-order valence-electron chi connectivity index (χ0n) is 13.3. The molecule has 0 atom stereocenters. The van der Waals surface area contributed by atoms with Gasteiger partial charge in [0.1, 0.15) is 12.4 Å². The lowest BCUT2D eigenvalue weighted by Gasteiger charge is -2.13. The number of hydrogen-bond donors (Lipinski definition) is 2. The number of methoxy groups -OCH3 is 1. The van der Waals surface area contributed by atoms with Gasteiger partial charge in [-0.05, 0) is 28.6 Å². The van der Waals surface area contributed by atoms with Crippen LogP contribution in [0.15, 0.2) is 30.7 Å². The van der Waals surface area contributed by atoms with Gasteiger partial charge < -0.3 is 20.1 Å². The van der Waals surface area contributed by atoms with Gasteiger partial charge in [-0.2, -0.15) is 5.26 Å². The summed E-state index contributed by atoms with van der Waals surface area (Å²) in [7, 11) is 1.15. The lowest BCUT2D eigenvalue weighted by molar-refractivity contribution is 0.0591. The van der Waals surface area contributed by atoms with Crippen LogP contribution in [0.25, 0.3) is 11.4 Å². The van der Waals surface area contributed by atoms with E-state index in [4.69, 9.17) is 10.5 Å². The van der Waals surface area contributed by atoms with Crippen molar-refractivity contribution in [2.45, 2.75) is 0 Å². The average molecular weight is 353 g/mol. The maximum atomic E-state index is 12.1. The van der Waals surface area contributed by atoms with Gasteiger partial charge in [0.2, 0.25) is 0 Å². The van der Waals surface area contributed by atoms with Crippen LogP contribution in [0.3, 0.4) is 0 Å². The fourth-order valence-corrected chi connectivity index (χ4v) is 2.43. The molecule has 0 saturated carbocycles. The molecule has 0 amide bonds. The number of tetrazole rings is 1. The summed E-state index contributed by atoms with van der Waals surface area (Å²) in [5, 5.41) is 29.5. The summed E-state index contributed by atoms with van der Waals surface area (Å²) in [4.78, 5) is 23.8. The van der Waals surface area contributed by atoms with Gasteiger partial charge in [-0.15, -0.1) is 5.10 Å². The number of aromatic nitrogens is 5. The van der Waals surface area contributed by atoms with Gasteiger partial charge in [-0.25, -0.2) is 14.3 Å². The Morgan fingerprint density at radius 1 is 1.38 bits per heavy atom. The van der Waals surface area contributed by atoms with Crippen molar-refractivity contribution in [1.29, 1.82) is 5.26 Å². The van der Waals surface area contributed by atoms with Gasteiger partial charge in [0.05, 0.1) is 35.3 Å². The van der Waals surface area contributed by atoms with Crippen LogP contribution in [-0.2, 0) is 4.74 Å². The van der Waals surface area contributed by atoms with Crippen molar-refractivity contribution in [2.75, 3.05) is 12.8 Å². The van der Waals surface area contributed by atoms with Gasteiger partial charge in [0.15, 0.2) is 5.69 Å². The van der Waals surface area contributed by atoms with Gasteiger partial charge in [0.25, 0.3) is 0 Å². The number of nitrogen functional groups attached to an aromatic ring is 1. The molecule has 26 heavy (non-hydrogen) atoms. The quantitative estimate of drug-likeness (QED) is 0.632. The molecule has 0 unspecified atom stereocenters. The van der Waals surface area contributed by atoms with E-state index in [0.717, 1.165) is 7.11 Å². The smallest absolute Gasteiger partial charge is 0.357 e. The number of carbonyl (C=O) groups excluding carboxylic acids is 1. The highest BCUT2D eigenvalue weighted by molar-refractivity contribution is 5.98. The van der Waals surface area contributed by atoms with Crippen LogP contribution < -0.4 is 5.73 Å². The maximum Gasteiger partial charge on any atom is 0.357 e. The van der Waals surface area contributed by atoms with Crippen molar-refractivity contribution < 1.29 is 19.4 Å².